The molecule has 2 aromatic rings. The molecular formula is C27H38N4O6. The maximum atomic E-state index is 13.7. The Hall–Kier alpha value is -3.40. The average Bonchev–Trinajstić information content (AvgIpc) is 3.53. The van der Waals surface area contributed by atoms with Gasteiger partial charge >= 0.3 is 0 Å². The number of nitrogens with zero attached hydrogens (tertiary/aromatic N) is 2. The SMILES string of the molecule is CCC(C)(C)NC(=O)[C@@H](c1ccc(OC)cc1)N(C[C@H]1CCCO1)C(=O)CCC(=O)Nc1cc(C)on1. The van der Waals surface area contributed by atoms with Crippen molar-refractivity contribution in [1.82, 2.24) is 15.4 Å². The molecule has 1 aromatic heterocycles. The summed E-state index contributed by atoms with van der Waals surface area (Å²) in [4.78, 5) is 41.4. The lowest BCUT2D eigenvalue weighted by Crippen LogP contribution is -2.51. The van der Waals surface area contributed by atoms with Crippen molar-refractivity contribution < 1.29 is 28.4 Å². The number of aromatic nitrogens is 1. The summed E-state index contributed by atoms with van der Waals surface area (Å²) in [6.45, 7) is 8.47. The summed E-state index contributed by atoms with van der Waals surface area (Å²) in [5.41, 5.74) is 0.190. The summed E-state index contributed by atoms with van der Waals surface area (Å²) in [5, 5.41) is 9.47. The first kappa shape index (κ1) is 28.2. The number of hydrogen-bond acceptors (Lipinski definition) is 7. The Balaban J connectivity index is 1.85. The Bertz CT molecular complexity index is 1060. The zero-order valence-corrected chi connectivity index (χ0v) is 22.3. The van der Waals surface area contributed by atoms with E-state index in [4.69, 9.17) is 14.0 Å². The van der Waals surface area contributed by atoms with E-state index in [2.05, 4.69) is 15.8 Å². The molecule has 0 saturated carbocycles. The minimum absolute atomic E-state index is 0.0653. The number of hydrogen-bond donors (Lipinski definition) is 2. The molecule has 2 atom stereocenters. The van der Waals surface area contributed by atoms with Crippen molar-refractivity contribution in [2.45, 2.75) is 77.5 Å². The molecule has 2 heterocycles. The molecule has 1 aromatic carbocycles. The van der Waals surface area contributed by atoms with Gasteiger partial charge in [-0.2, -0.15) is 0 Å². The van der Waals surface area contributed by atoms with Gasteiger partial charge in [0.2, 0.25) is 17.7 Å². The summed E-state index contributed by atoms with van der Waals surface area (Å²) in [6.07, 6.45) is 2.09. The van der Waals surface area contributed by atoms with Gasteiger partial charge in [0.05, 0.1) is 13.2 Å². The van der Waals surface area contributed by atoms with Gasteiger partial charge in [0.1, 0.15) is 17.6 Å². The second-order valence-electron chi connectivity index (χ2n) is 9.95. The fourth-order valence-corrected chi connectivity index (χ4v) is 4.10. The molecule has 202 valence electrons. The standard InChI is InChI=1S/C27H38N4O6/c1-6-27(3,4)29-26(34)25(19-9-11-20(35-5)12-10-19)31(17-21-8-7-15-36-21)24(33)14-13-23(32)28-22-16-18(2)37-30-22/h9-12,16,21,25H,6-8,13-15,17H2,1-5H3,(H,29,34)(H,28,30,32)/t21-,25-/m1/s1. The van der Waals surface area contributed by atoms with E-state index in [1.54, 1.807) is 49.3 Å². The Morgan fingerprint density at radius 1 is 1.22 bits per heavy atom. The number of carbonyl (C=O) groups is 3. The Morgan fingerprint density at radius 2 is 1.95 bits per heavy atom. The lowest BCUT2D eigenvalue weighted by molar-refractivity contribution is -0.143. The number of carbonyl (C=O) groups excluding carboxylic acids is 3. The molecule has 1 saturated heterocycles. The number of benzene rings is 1. The van der Waals surface area contributed by atoms with Crippen LogP contribution in [0.25, 0.3) is 0 Å². The quantitative estimate of drug-likeness (QED) is 0.442. The van der Waals surface area contributed by atoms with E-state index in [0.29, 0.717) is 29.5 Å². The summed E-state index contributed by atoms with van der Waals surface area (Å²) < 4.78 is 16.1. The zero-order valence-electron chi connectivity index (χ0n) is 22.3. The van der Waals surface area contributed by atoms with Crippen molar-refractivity contribution in [2.75, 3.05) is 25.6 Å². The molecule has 10 heteroatoms. The summed E-state index contributed by atoms with van der Waals surface area (Å²) >= 11 is 0. The number of rotatable bonds is 12. The molecule has 1 fully saturated rings. The predicted octanol–water partition coefficient (Wildman–Crippen LogP) is 3.76. The minimum atomic E-state index is -0.894. The van der Waals surface area contributed by atoms with Crippen molar-refractivity contribution >= 4 is 23.5 Å². The van der Waals surface area contributed by atoms with Crippen LogP contribution in [0.4, 0.5) is 5.82 Å². The first-order valence-electron chi connectivity index (χ1n) is 12.7. The Kier molecular flexibility index (Phi) is 9.68. The monoisotopic (exact) mass is 514 g/mol. The third-order valence-corrected chi connectivity index (χ3v) is 6.54. The highest BCUT2D eigenvalue weighted by Gasteiger charge is 2.36. The van der Waals surface area contributed by atoms with E-state index < -0.39 is 11.6 Å². The van der Waals surface area contributed by atoms with E-state index in [-0.39, 0.29) is 43.2 Å². The van der Waals surface area contributed by atoms with E-state index in [1.807, 2.05) is 20.8 Å². The third-order valence-electron chi connectivity index (χ3n) is 6.54. The number of ether oxygens (including phenoxy) is 2. The average molecular weight is 515 g/mol. The zero-order chi connectivity index (χ0) is 27.0. The van der Waals surface area contributed by atoms with Crippen molar-refractivity contribution in [2.24, 2.45) is 0 Å². The summed E-state index contributed by atoms with van der Waals surface area (Å²) in [6, 6.07) is 7.82. The lowest BCUT2D eigenvalue weighted by Gasteiger charge is -2.35. The molecule has 0 bridgehead atoms. The van der Waals surface area contributed by atoms with Gasteiger partial charge in [0.25, 0.3) is 0 Å². The predicted molar refractivity (Wildman–Crippen MR) is 138 cm³/mol. The molecule has 37 heavy (non-hydrogen) atoms. The van der Waals surface area contributed by atoms with Crippen LogP contribution in [0, 0.1) is 6.92 Å². The molecule has 1 aliphatic heterocycles. The Morgan fingerprint density at radius 3 is 2.51 bits per heavy atom. The van der Waals surface area contributed by atoms with Crippen molar-refractivity contribution in [1.29, 1.82) is 0 Å². The number of anilines is 1. The molecule has 1 aliphatic rings. The number of amides is 3. The molecule has 3 rings (SSSR count). The largest absolute Gasteiger partial charge is 0.497 e. The highest BCUT2D eigenvalue weighted by molar-refractivity contribution is 5.94. The molecule has 3 amide bonds. The second-order valence-corrected chi connectivity index (χ2v) is 9.95. The van der Waals surface area contributed by atoms with Crippen molar-refractivity contribution in [3.63, 3.8) is 0 Å². The minimum Gasteiger partial charge on any atom is -0.497 e. The van der Waals surface area contributed by atoms with Crippen molar-refractivity contribution in [3.05, 3.63) is 41.7 Å². The van der Waals surface area contributed by atoms with E-state index in [1.165, 1.54) is 0 Å². The lowest BCUT2D eigenvalue weighted by atomic mass is 9.98. The smallest absolute Gasteiger partial charge is 0.247 e. The number of nitrogens with one attached hydrogen (secondary N) is 2. The molecule has 10 nitrogen and oxygen atoms in total. The van der Waals surface area contributed by atoms with E-state index in [0.717, 1.165) is 19.3 Å². The number of methoxy groups -OCH3 is 1. The molecular weight excluding hydrogens is 476 g/mol. The normalized spacial score (nSPS) is 16.2. The summed E-state index contributed by atoms with van der Waals surface area (Å²) in [5.74, 6) is 0.545. The van der Waals surface area contributed by atoms with Crippen LogP contribution in [-0.2, 0) is 19.1 Å². The van der Waals surface area contributed by atoms with Gasteiger partial charge in [-0.15, -0.1) is 0 Å². The highest BCUT2D eigenvalue weighted by atomic mass is 16.5. The molecule has 0 aliphatic carbocycles. The first-order chi connectivity index (χ1) is 17.6. The van der Waals surface area contributed by atoms with Crippen LogP contribution >= 0.6 is 0 Å². The third kappa shape index (κ3) is 8.04. The highest BCUT2D eigenvalue weighted by Crippen LogP contribution is 2.28. The molecule has 2 N–H and O–H groups in total. The van der Waals surface area contributed by atoms with Gasteiger partial charge in [-0.1, -0.05) is 24.2 Å². The first-order valence-corrected chi connectivity index (χ1v) is 12.7. The topological polar surface area (TPSA) is 123 Å². The fraction of sp³-hybridized carbons (Fsp3) is 0.556. The van der Waals surface area contributed by atoms with Crippen molar-refractivity contribution in [3.8, 4) is 5.75 Å². The van der Waals surface area contributed by atoms with E-state index >= 15 is 0 Å². The van der Waals surface area contributed by atoms with Gasteiger partial charge < -0.3 is 29.5 Å². The fourth-order valence-electron chi connectivity index (χ4n) is 4.10. The molecule has 0 unspecified atom stereocenters. The van der Waals surface area contributed by atoms with Gasteiger partial charge in [-0.3, -0.25) is 14.4 Å². The van der Waals surface area contributed by atoms with Crippen LogP contribution in [-0.4, -0.2) is 59.7 Å². The van der Waals surface area contributed by atoms with Gasteiger partial charge in [0.15, 0.2) is 5.82 Å². The van der Waals surface area contributed by atoms with Crippen LogP contribution in [0.1, 0.15) is 70.2 Å². The van der Waals surface area contributed by atoms with E-state index in [9.17, 15) is 14.4 Å². The van der Waals surface area contributed by atoms with Gasteiger partial charge in [-0.25, -0.2) is 0 Å². The van der Waals surface area contributed by atoms with Gasteiger partial charge in [0, 0.05) is 37.6 Å². The maximum absolute atomic E-state index is 13.7. The van der Waals surface area contributed by atoms with Crippen LogP contribution in [0.15, 0.2) is 34.9 Å². The molecule has 0 radical (unpaired) electrons. The summed E-state index contributed by atoms with van der Waals surface area (Å²) in [7, 11) is 1.57. The van der Waals surface area contributed by atoms with Crippen LogP contribution in [0.3, 0.4) is 0 Å². The van der Waals surface area contributed by atoms with Crippen LogP contribution < -0.4 is 15.4 Å². The molecule has 0 spiro atoms. The maximum Gasteiger partial charge on any atom is 0.247 e. The Labute approximate surface area is 218 Å². The second kappa shape index (κ2) is 12.7. The van der Waals surface area contributed by atoms with Gasteiger partial charge in [-0.05, 0) is 57.7 Å². The number of aryl methyl sites for hydroxylation is 1. The van der Waals surface area contributed by atoms with Crippen LogP contribution in [0.5, 0.6) is 5.75 Å². The van der Waals surface area contributed by atoms with Crippen LogP contribution in [0.2, 0.25) is 0 Å².